The van der Waals surface area contributed by atoms with Crippen molar-refractivity contribution < 1.29 is 12.8 Å². The first kappa shape index (κ1) is 16.4. The third-order valence-corrected chi connectivity index (χ3v) is 5.58. The van der Waals surface area contributed by atoms with Gasteiger partial charge in [0.15, 0.2) is 0 Å². The van der Waals surface area contributed by atoms with Crippen molar-refractivity contribution in [3.8, 4) is 0 Å². The molecule has 3 rings (SSSR count). The summed E-state index contributed by atoms with van der Waals surface area (Å²) in [6.45, 7) is 2.47. The highest BCUT2D eigenvalue weighted by molar-refractivity contribution is 7.91. The van der Waals surface area contributed by atoms with Crippen LogP contribution in [0, 0.1) is 5.82 Å². The lowest BCUT2D eigenvalue weighted by Crippen LogP contribution is -2.19. The van der Waals surface area contributed by atoms with Crippen LogP contribution >= 0.6 is 0 Å². The lowest BCUT2D eigenvalue weighted by atomic mass is 10.2. The zero-order chi connectivity index (χ0) is 17.3. The number of benzene rings is 2. The molecule has 0 atom stereocenters. The largest absolute Gasteiger partial charge is 0.346 e. The van der Waals surface area contributed by atoms with Crippen molar-refractivity contribution in [3.05, 3.63) is 70.8 Å². The Morgan fingerprint density at radius 1 is 1.08 bits per heavy atom. The third-order valence-electron chi connectivity index (χ3n) is 3.82. The molecule has 3 aromatic rings. The molecule has 4 nitrogen and oxygen atoms in total. The van der Waals surface area contributed by atoms with E-state index in [1.807, 2.05) is 6.92 Å². The molecule has 0 saturated carbocycles. The lowest BCUT2D eigenvalue weighted by Gasteiger charge is -2.13. The summed E-state index contributed by atoms with van der Waals surface area (Å²) in [4.78, 5) is 12.4. The minimum atomic E-state index is -3.97. The molecule has 0 aliphatic rings. The van der Waals surface area contributed by atoms with Crippen LogP contribution < -0.4 is 5.43 Å². The summed E-state index contributed by atoms with van der Waals surface area (Å²) in [6, 6.07) is 11.6. The van der Waals surface area contributed by atoms with Crippen LogP contribution in [0.4, 0.5) is 4.39 Å². The lowest BCUT2D eigenvalue weighted by molar-refractivity contribution is 0.592. The zero-order valence-electron chi connectivity index (χ0n) is 13.1. The molecule has 124 valence electrons. The molecule has 0 fully saturated rings. The Balaban J connectivity index is 2.37. The molecule has 0 saturated heterocycles. The predicted molar refractivity (Wildman–Crippen MR) is 90.4 cm³/mol. The first-order valence-electron chi connectivity index (χ1n) is 7.58. The Kier molecular flexibility index (Phi) is 4.24. The van der Waals surface area contributed by atoms with Crippen molar-refractivity contribution in [2.75, 3.05) is 0 Å². The number of hydrogen-bond donors (Lipinski definition) is 0. The van der Waals surface area contributed by atoms with E-state index in [0.29, 0.717) is 12.1 Å². The average molecular weight is 345 g/mol. The van der Waals surface area contributed by atoms with Gasteiger partial charge in [0.25, 0.3) is 0 Å². The van der Waals surface area contributed by atoms with E-state index < -0.39 is 21.1 Å². The summed E-state index contributed by atoms with van der Waals surface area (Å²) in [5.74, 6) is -0.572. The van der Waals surface area contributed by atoms with Crippen LogP contribution in [-0.2, 0) is 16.4 Å². The van der Waals surface area contributed by atoms with Gasteiger partial charge in [-0.25, -0.2) is 12.8 Å². The van der Waals surface area contributed by atoms with Crippen molar-refractivity contribution in [2.45, 2.75) is 29.7 Å². The maximum Gasteiger partial charge on any atom is 0.211 e. The van der Waals surface area contributed by atoms with Crippen LogP contribution in [0.15, 0.2) is 69.3 Å². The number of aromatic nitrogens is 1. The van der Waals surface area contributed by atoms with Gasteiger partial charge in [0.05, 0.1) is 10.4 Å². The van der Waals surface area contributed by atoms with Crippen LogP contribution in [0.3, 0.4) is 0 Å². The SMILES string of the molecule is CCCn1cc(S(=O)(=O)c2ccccc2)c(=O)c2cc(F)ccc21. The Labute approximate surface area is 139 Å². The smallest absolute Gasteiger partial charge is 0.211 e. The maximum atomic E-state index is 13.6. The van der Waals surface area contributed by atoms with Gasteiger partial charge in [0, 0.05) is 18.1 Å². The van der Waals surface area contributed by atoms with Crippen LogP contribution in [0.5, 0.6) is 0 Å². The predicted octanol–water partition coefficient (Wildman–Crippen LogP) is 3.38. The molecule has 24 heavy (non-hydrogen) atoms. The van der Waals surface area contributed by atoms with Crippen LogP contribution in [0.1, 0.15) is 13.3 Å². The molecule has 0 aliphatic carbocycles. The number of hydrogen-bond acceptors (Lipinski definition) is 3. The maximum absolute atomic E-state index is 13.6. The Hall–Kier alpha value is -2.47. The first-order valence-corrected chi connectivity index (χ1v) is 9.06. The van der Waals surface area contributed by atoms with Gasteiger partial charge in [-0.2, -0.15) is 0 Å². The topological polar surface area (TPSA) is 56.1 Å². The van der Waals surface area contributed by atoms with Gasteiger partial charge in [0.2, 0.25) is 15.3 Å². The van der Waals surface area contributed by atoms with E-state index in [1.54, 1.807) is 22.8 Å². The van der Waals surface area contributed by atoms with Gasteiger partial charge < -0.3 is 4.57 Å². The van der Waals surface area contributed by atoms with E-state index in [2.05, 4.69) is 0 Å². The zero-order valence-corrected chi connectivity index (χ0v) is 13.9. The summed E-state index contributed by atoms with van der Waals surface area (Å²) in [5.41, 5.74) is -0.157. The van der Waals surface area contributed by atoms with Crippen molar-refractivity contribution in [1.29, 1.82) is 0 Å². The fraction of sp³-hybridized carbons (Fsp3) is 0.167. The number of pyridine rings is 1. The Morgan fingerprint density at radius 3 is 2.46 bits per heavy atom. The van der Waals surface area contributed by atoms with E-state index in [-0.39, 0.29) is 15.2 Å². The molecule has 0 N–H and O–H groups in total. The van der Waals surface area contributed by atoms with Gasteiger partial charge in [-0.3, -0.25) is 4.79 Å². The summed E-state index contributed by atoms with van der Waals surface area (Å²) in [7, 11) is -3.97. The first-order chi connectivity index (χ1) is 11.4. The van der Waals surface area contributed by atoms with Gasteiger partial charge in [0.1, 0.15) is 10.7 Å². The molecule has 2 aromatic carbocycles. The highest BCUT2D eigenvalue weighted by Crippen LogP contribution is 2.21. The normalized spacial score (nSPS) is 11.8. The molecule has 0 amide bonds. The number of aryl methyl sites for hydroxylation is 1. The minimum absolute atomic E-state index is 0.0425. The summed E-state index contributed by atoms with van der Waals surface area (Å²) >= 11 is 0. The van der Waals surface area contributed by atoms with E-state index in [1.165, 1.54) is 30.5 Å². The second kappa shape index (κ2) is 6.20. The Morgan fingerprint density at radius 2 is 1.79 bits per heavy atom. The van der Waals surface area contributed by atoms with Crippen LogP contribution in [0.25, 0.3) is 10.9 Å². The van der Waals surface area contributed by atoms with Crippen molar-refractivity contribution in [3.63, 3.8) is 0 Å². The summed E-state index contributed by atoms with van der Waals surface area (Å²) in [6.07, 6.45) is 2.11. The number of sulfone groups is 1. The average Bonchev–Trinajstić information content (AvgIpc) is 2.58. The molecule has 1 heterocycles. The number of rotatable bonds is 4. The van der Waals surface area contributed by atoms with Crippen molar-refractivity contribution in [2.24, 2.45) is 0 Å². The van der Waals surface area contributed by atoms with Crippen LogP contribution in [0.2, 0.25) is 0 Å². The second-order valence-corrected chi connectivity index (χ2v) is 7.41. The van der Waals surface area contributed by atoms with Gasteiger partial charge in [-0.05, 0) is 36.8 Å². The fourth-order valence-corrected chi connectivity index (χ4v) is 4.08. The molecule has 0 spiro atoms. The van der Waals surface area contributed by atoms with Crippen LogP contribution in [-0.4, -0.2) is 13.0 Å². The van der Waals surface area contributed by atoms with Gasteiger partial charge in [-0.1, -0.05) is 25.1 Å². The summed E-state index contributed by atoms with van der Waals surface area (Å²) in [5, 5.41) is 0.0699. The molecule has 0 bridgehead atoms. The number of nitrogens with zero attached hydrogens (tertiary/aromatic N) is 1. The molecular weight excluding hydrogens is 329 g/mol. The van der Waals surface area contributed by atoms with E-state index in [0.717, 1.165) is 12.5 Å². The second-order valence-electron chi connectivity index (χ2n) is 5.49. The number of halogens is 1. The summed E-state index contributed by atoms with van der Waals surface area (Å²) < 4.78 is 40.9. The monoisotopic (exact) mass is 345 g/mol. The molecule has 0 radical (unpaired) electrons. The standard InChI is InChI=1S/C18H16FNO3S/c1-2-10-20-12-17(24(22,23)14-6-4-3-5-7-14)18(21)15-11-13(19)8-9-16(15)20/h3-9,11-12H,2,10H2,1H3. The highest BCUT2D eigenvalue weighted by Gasteiger charge is 2.23. The van der Waals surface area contributed by atoms with E-state index >= 15 is 0 Å². The van der Waals surface area contributed by atoms with Crippen molar-refractivity contribution in [1.82, 2.24) is 4.57 Å². The molecule has 1 aromatic heterocycles. The van der Waals surface area contributed by atoms with Gasteiger partial charge >= 0.3 is 0 Å². The quantitative estimate of drug-likeness (QED) is 0.728. The van der Waals surface area contributed by atoms with E-state index in [9.17, 15) is 17.6 Å². The molecule has 6 heteroatoms. The fourth-order valence-electron chi connectivity index (χ4n) is 2.69. The number of fused-ring (bicyclic) bond motifs is 1. The molecular formula is C18H16FNO3S. The third kappa shape index (κ3) is 2.73. The minimum Gasteiger partial charge on any atom is -0.346 e. The van der Waals surface area contributed by atoms with Gasteiger partial charge in [-0.15, -0.1) is 0 Å². The molecule has 0 unspecified atom stereocenters. The van der Waals surface area contributed by atoms with E-state index in [4.69, 9.17) is 0 Å². The highest BCUT2D eigenvalue weighted by atomic mass is 32.2. The molecule has 0 aliphatic heterocycles. The van der Waals surface area contributed by atoms with Crippen molar-refractivity contribution >= 4 is 20.7 Å². The Bertz CT molecular complexity index is 1060.